The fourth-order valence-electron chi connectivity index (χ4n) is 2.31. The number of H-pyrrole nitrogens is 1. The van der Waals surface area contributed by atoms with Crippen LogP contribution < -0.4 is 0 Å². The maximum Gasteiger partial charge on any atom is 0.111 e. The molecule has 3 rings (SSSR count). The second-order valence-electron chi connectivity index (χ2n) is 5.12. The van der Waals surface area contributed by atoms with Crippen molar-refractivity contribution in [3.05, 3.63) is 71.3 Å². The number of rotatable bonds is 2. The Morgan fingerprint density at radius 2 is 1.04 bits per heavy atom. The van der Waals surface area contributed by atoms with Crippen LogP contribution in [0, 0.1) is 4.64 Å². The van der Waals surface area contributed by atoms with Crippen LogP contribution in [0.25, 0.3) is 22.3 Å². The molecule has 0 amide bonds. The van der Waals surface area contributed by atoms with Crippen LogP contribution in [0.4, 0.5) is 0 Å². The van der Waals surface area contributed by atoms with Gasteiger partial charge < -0.3 is 4.98 Å². The predicted molar refractivity (Wildman–Crippen MR) is 113 cm³/mol. The third kappa shape index (κ3) is 3.96. The molecule has 0 bridgehead atoms. The molecule has 0 saturated heterocycles. The molecule has 25 heavy (non-hydrogen) atoms. The molecular weight excluding hydrogens is 463 g/mol. The van der Waals surface area contributed by atoms with Gasteiger partial charge in [-0.05, 0) is 35.9 Å². The molecule has 0 saturated carbocycles. The molecule has 1 heterocycles. The van der Waals surface area contributed by atoms with E-state index in [0.717, 1.165) is 5.56 Å². The Kier molecular flexibility index (Phi) is 5.92. The maximum atomic E-state index is 6.32. The summed E-state index contributed by atoms with van der Waals surface area (Å²) in [4.78, 5) is 3.03. The smallest absolute Gasteiger partial charge is 0.111 e. The van der Waals surface area contributed by atoms with Gasteiger partial charge in [-0.2, -0.15) is 0 Å². The number of nitrogens with one attached hydrogen (secondary N) is 1. The molecule has 0 aliphatic heterocycles. The third-order valence-corrected chi connectivity index (χ3v) is 5.93. The number of hydrogen-bond acceptors (Lipinski definition) is 1. The first-order chi connectivity index (χ1) is 11.8. The van der Waals surface area contributed by atoms with Gasteiger partial charge in [0, 0.05) is 22.9 Å². The quantitative estimate of drug-likeness (QED) is 0.292. The summed E-state index contributed by atoms with van der Waals surface area (Å²) in [6.45, 7) is 0. The molecule has 0 atom stereocenters. The fraction of sp³-hybridized carbons (Fsp3) is 0. The molecule has 0 fully saturated rings. The molecule has 1 nitrogen and oxygen atoms in total. The molecule has 0 radical (unpaired) electrons. The Hall–Kier alpha value is -0.450. The molecule has 0 aliphatic carbocycles. The zero-order valence-electron chi connectivity index (χ0n) is 12.1. The fourth-order valence-corrected chi connectivity index (χ4v) is 3.84. The van der Waals surface area contributed by atoms with E-state index in [4.69, 9.17) is 81.8 Å². The second-order valence-corrected chi connectivity index (χ2v) is 7.97. The summed E-state index contributed by atoms with van der Waals surface area (Å²) in [5.74, 6) is 0. The van der Waals surface area contributed by atoms with Gasteiger partial charge in [-0.3, -0.25) is 0 Å². The molecule has 3 aromatic rings. The van der Waals surface area contributed by atoms with Crippen molar-refractivity contribution in [2.45, 2.75) is 0 Å². The largest absolute Gasteiger partial charge is 0.352 e. The summed E-state index contributed by atoms with van der Waals surface area (Å²) in [6.07, 6.45) is 1.74. The summed E-state index contributed by atoms with van der Waals surface area (Å²) >= 11 is 42.2. The van der Waals surface area contributed by atoms with Crippen LogP contribution in [0.3, 0.4) is 0 Å². The van der Waals surface area contributed by atoms with E-state index in [1.165, 1.54) is 0 Å². The molecule has 128 valence electrons. The van der Waals surface area contributed by atoms with Crippen LogP contribution in [0.1, 0.15) is 0 Å². The average molecular weight is 470 g/mol. The highest BCUT2D eigenvalue weighted by Crippen LogP contribution is 2.39. The normalized spacial score (nSPS) is 11.0. The van der Waals surface area contributed by atoms with E-state index in [0.29, 0.717) is 51.5 Å². The Morgan fingerprint density at radius 3 is 1.64 bits per heavy atom. The van der Waals surface area contributed by atoms with Gasteiger partial charge in [0.05, 0.1) is 30.1 Å². The Morgan fingerprint density at radius 1 is 0.560 bits per heavy atom. The Balaban J connectivity index is 2.23. The summed E-state index contributed by atoms with van der Waals surface area (Å²) in [5, 5.41) is 2.43. The second kappa shape index (κ2) is 7.66. The van der Waals surface area contributed by atoms with E-state index in [1.54, 1.807) is 30.5 Å². The summed E-state index contributed by atoms with van der Waals surface area (Å²) < 4.78 is 0.500. The third-order valence-electron chi connectivity index (χ3n) is 3.52. The van der Waals surface area contributed by atoms with Crippen LogP contribution in [-0.2, 0) is 0 Å². The van der Waals surface area contributed by atoms with Crippen molar-refractivity contribution in [3.8, 4) is 22.3 Å². The molecule has 0 spiro atoms. The standard InChI is InChI=1S/C17H7Cl6NS/c18-11-4-15(22)13(20)2-8(11)7-1-10(17(25)24-6-7)9-3-14(21)16(23)5-12(9)19/h1-6H,(H,24,25). The molecule has 0 unspecified atom stereocenters. The lowest BCUT2D eigenvalue weighted by molar-refractivity contribution is 1.30. The first kappa shape index (κ1) is 19.3. The van der Waals surface area contributed by atoms with Gasteiger partial charge in [0.15, 0.2) is 0 Å². The molecule has 1 aromatic heterocycles. The van der Waals surface area contributed by atoms with Gasteiger partial charge in [0.1, 0.15) is 4.64 Å². The zero-order valence-corrected chi connectivity index (χ0v) is 17.5. The van der Waals surface area contributed by atoms with Crippen molar-refractivity contribution in [1.82, 2.24) is 4.98 Å². The van der Waals surface area contributed by atoms with E-state index in [9.17, 15) is 0 Å². The molecule has 2 aromatic carbocycles. The van der Waals surface area contributed by atoms with Crippen LogP contribution in [0.15, 0.2) is 36.5 Å². The van der Waals surface area contributed by atoms with Crippen molar-refractivity contribution < 1.29 is 0 Å². The molecule has 0 aliphatic rings. The van der Waals surface area contributed by atoms with E-state index >= 15 is 0 Å². The van der Waals surface area contributed by atoms with Crippen molar-refractivity contribution >= 4 is 81.8 Å². The van der Waals surface area contributed by atoms with Crippen LogP contribution in [0.2, 0.25) is 30.1 Å². The average Bonchev–Trinajstić information content (AvgIpc) is 2.55. The number of benzene rings is 2. The highest BCUT2D eigenvalue weighted by molar-refractivity contribution is 7.71. The number of pyridine rings is 1. The first-order valence-corrected chi connectivity index (χ1v) is 9.48. The van der Waals surface area contributed by atoms with Gasteiger partial charge in [-0.1, -0.05) is 81.8 Å². The van der Waals surface area contributed by atoms with Gasteiger partial charge in [0.2, 0.25) is 0 Å². The SMILES string of the molecule is S=c1[nH]cc(-c2cc(Cl)c(Cl)cc2Cl)cc1-c1cc(Cl)c(Cl)cc1Cl. The van der Waals surface area contributed by atoms with Gasteiger partial charge >= 0.3 is 0 Å². The highest BCUT2D eigenvalue weighted by Gasteiger charge is 2.13. The van der Waals surface area contributed by atoms with Crippen molar-refractivity contribution in [2.75, 3.05) is 0 Å². The summed E-state index contributed by atoms with van der Waals surface area (Å²) in [6, 6.07) is 8.39. The van der Waals surface area contributed by atoms with Crippen LogP contribution in [-0.4, -0.2) is 4.98 Å². The van der Waals surface area contributed by atoms with Gasteiger partial charge in [-0.15, -0.1) is 0 Å². The molecular formula is C17H7Cl6NS. The molecule has 1 N–H and O–H groups in total. The number of halogens is 6. The lowest BCUT2D eigenvalue weighted by Gasteiger charge is -2.11. The Bertz CT molecular complexity index is 1040. The summed E-state index contributed by atoms with van der Waals surface area (Å²) in [5.41, 5.74) is 2.84. The number of aromatic nitrogens is 1. The lowest BCUT2D eigenvalue weighted by Crippen LogP contribution is -1.89. The minimum Gasteiger partial charge on any atom is -0.352 e. The minimum atomic E-state index is 0.369. The van der Waals surface area contributed by atoms with Gasteiger partial charge in [-0.25, -0.2) is 0 Å². The summed E-state index contributed by atoms with van der Waals surface area (Å²) in [7, 11) is 0. The Labute approximate surface area is 179 Å². The number of aromatic amines is 1. The number of hydrogen-bond donors (Lipinski definition) is 1. The van der Waals surface area contributed by atoms with Crippen molar-refractivity contribution in [1.29, 1.82) is 0 Å². The van der Waals surface area contributed by atoms with E-state index in [1.807, 2.05) is 6.07 Å². The molecule has 8 heteroatoms. The van der Waals surface area contributed by atoms with E-state index in [2.05, 4.69) is 4.98 Å². The topological polar surface area (TPSA) is 15.8 Å². The predicted octanol–water partition coefficient (Wildman–Crippen LogP) is 9.00. The minimum absolute atomic E-state index is 0.369. The first-order valence-electron chi connectivity index (χ1n) is 6.80. The van der Waals surface area contributed by atoms with Gasteiger partial charge in [0.25, 0.3) is 0 Å². The van der Waals surface area contributed by atoms with E-state index < -0.39 is 0 Å². The van der Waals surface area contributed by atoms with Crippen molar-refractivity contribution in [2.24, 2.45) is 0 Å². The van der Waals surface area contributed by atoms with E-state index in [-0.39, 0.29) is 0 Å². The van der Waals surface area contributed by atoms with Crippen LogP contribution in [0.5, 0.6) is 0 Å². The van der Waals surface area contributed by atoms with Crippen molar-refractivity contribution in [3.63, 3.8) is 0 Å². The van der Waals surface area contributed by atoms with Crippen LogP contribution >= 0.6 is 81.8 Å². The highest BCUT2D eigenvalue weighted by atomic mass is 35.5. The lowest BCUT2D eigenvalue weighted by atomic mass is 10.0. The zero-order chi connectivity index (χ0) is 18.3. The maximum absolute atomic E-state index is 6.32. The monoisotopic (exact) mass is 467 g/mol.